The van der Waals surface area contributed by atoms with E-state index in [1.165, 1.54) is 14.1 Å². The quantitative estimate of drug-likeness (QED) is 0.129. The molecule has 182 valence electrons. The molecule has 3 aromatic carbocycles. The normalized spacial score (nSPS) is 11.9. The summed E-state index contributed by atoms with van der Waals surface area (Å²) in [7, 11) is 11.1. The van der Waals surface area contributed by atoms with Crippen molar-refractivity contribution in [2.75, 3.05) is 11.5 Å². The summed E-state index contributed by atoms with van der Waals surface area (Å²) in [5, 5.41) is 0.473. The van der Waals surface area contributed by atoms with Gasteiger partial charge in [-0.1, -0.05) is 68.8 Å². The molecule has 0 radical (unpaired) electrons. The predicted molar refractivity (Wildman–Crippen MR) is 173 cm³/mol. The highest BCUT2D eigenvalue weighted by Crippen LogP contribution is 2.45. The molecule has 3 nitrogen and oxygen atoms in total. The number of thiazole rings is 3. The third-order valence-electron chi connectivity index (χ3n) is 4.85. The number of benzene rings is 3. The first-order chi connectivity index (χ1) is 17.8. The van der Waals surface area contributed by atoms with Gasteiger partial charge in [-0.2, -0.15) is 0 Å². The molecule has 3 heterocycles. The molecule has 0 spiro atoms. The van der Waals surface area contributed by atoms with Crippen molar-refractivity contribution >= 4 is 129 Å². The fourth-order valence-electron chi connectivity index (χ4n) is 3.19. The molecule has 6 aromatic rings. The predicted octanol–water partition coefficient (Wildman–Crippen LogP) is 10.5. The van der Waals surface area contributed by atoms with Gasteiger partial charge in [0.1, 0.15) is 0 Å². The maximum Gasteiger partial charge on any atom is 0.161 e. The zero-order valence-corrected chi connectivity index (χ0v) is 25.8. The molecule has 0 aliphatic carbocycles. The first kappa shape index (κ1) is 25.7. The summed E-state index contributed by atoms with van der Waals surface area (Å²) in [6.45, 7) is 0. The summed E-state index contributed by atoms with van der Waals surface area (Å²) in [4.78, 5) is 14.4. The largest absolute Gasteiger partial charge is 0.229 e. The molecule has 12 heteroatoms. The van der Waals surface area contributed by atoms with Gasteiger partial charge in [0, 0.05) is 16.8 Å². The van der Waals surface area contributed by atoms with Crippen molar-refractivity contribution in [1.82, 2.24) is 15.0 Å². The van der Waals surface area contributed by atoms with Gasteiger partial charge in [-0.25, -0.2) is 15.0 Å². The number of hydrogen-bond acceptors (Lipinski definition) is 12. The van der Waals surface area contributed by atoms with Crippen LogP contribution in [-0.2, 0) is 0 Å². The molecule has 0 N–H and O–H groups in total. The Hall–Kier alpha value is -0.570. The lowest BCUT2D eigenvalue weighted by Gasteiger charge is -2.13. The Balaban J connectivity index is 1.08. The van der Waals surface area contributed by atoms with E-state index in [1.807, 2.05) is 43.2 Å². The molecule has 0 unspecified atom stereocenters. The Morgan fingerprint density at radius 2 is 0.917 bits per heavy atom. The maximum atomic E-state index is 4.81. The molecule has 0 atom stereocenters. The van der Waals surface area contributed by atoms with Crippen LogP contribution in [0, 0.1) is 0 Å². The molecule has 6 rings (SSSR count). The third-order valence-corrected chi connectivity index (χ3v) is 17.0. The zero-order valence-electron chi connectivity index (χ0n) is 18.4. The third kappa shape index (κ3) is 6.52. The standard InChI is InChI=1S/C24H17N3S9/c1-4-10-19-16(7-1)25-22(30-19)34-28-13-15(33-36-24-27-18-9-3-6-12-21(18)32-24)14-29-35-23-26-17-8-2-5-11-20(17)31-23/h1-12,15H,13-14H2. The molecule has 0 amide bonds. The van der Waals surface area contributed by atoms with Crippen LogP contribution in [-0.4, -0.2) is 31.7 Å². The second-order valence-corrected chi connectivity index (χ2v) is 18.4. The summed E-state index contributed by atoms with van der Waals surface area (Å²) in [6, 6.07) is 25.1. The van der Waals surface area contributed by atoms with Crippen molar-refractivity contribution in [2.45, 2.75) is 18.3 Å². The van der Waals surface area contributed by atoms with Gasteiger partial charge >= 0.3 is 0 Å². The van der Waals surface area contributed by atoms with E-state index in [9.17, 15) is 0 Å². The minimum absolute atomic E-state index is 0.473. The molecule has 0 aliphatic heterocycles. The Kier molecular flexibility index (Phi) is 8.94. The van der Waals surface area contributed by atoms with E-state index in [4.69, 9.17) is 15.0 Å². The molecular formula is C24H17N3S9. The van der Waals surface area contributed by atoms with Gasteiger partial charge in [0.25, 0.3) is 0 Å². The van der Waals surface area contributed by atoms with E-state index in [-0.39, 0.29) is 0 Å². The number of rotatable bonds is 11. The maximum absolute atomic E-state index is 4.81. The second-order valence-electron chi connectivity index (χ2n) is 7.38. The van der Waals surface area contributed by atoms with Crippen LogP contribution in [0.1, 0.15) is 0 Å². The molecule has 0 bridgehead atoms. The number of aromatic nitrogens is 3. The summed E-state index contributed by atoms with van der Waals surface area (Å²) in [6.07, 6.45) is 0. The SMILES string of the molecule is c1ccc2sc(SSCC(CSSc3nc4ccccc4s3)SSc3nc4ccccc4s3)nc2c1. The van der Waals surface area contributed by atoms with E-state index in [1.54, 1.807) is 55.6 Å². The molecule has 3 aromatic heterocycles. The van der Waals surface area contributed by atoms with Crippen LogP contribution in [0.5, 0.6) is 0 Å². The van der Waals surface area contributed by atoms with Crippen LogP contribution < -0.4 is 0 Å². The summed E-state index contributed by atoms with van der Waals surface area (Å²) in [5.41, 5.74) is 3.26. The number of para-hydroxylation sites is 3. The monoisotopic (exact) mass is 635 g/mol. The molecule has 0 aliphatic rings. The van der Waals surface area contributed by atoms with E-state index in [0.29, 0.717) is 5.25 Å². The average Bonchev–Trinajstić information content (AvgIpc) is 3.62. The highest BCUT2D eigenvalue weighted by atomic mass is 33.1. The molecule has 0 saturated heterocycles. The van der Waals surface area contributed by atoms with Crippen molar-refractivity contribution in [3.63, 3.8) is 0 Å². The highest BCUT2D eigenvalue weighted by Gasteiger charge is 2.16. The van der Waals surface area contributed by atoms with Crippen LogP contribution in [0.25, 0.3) is 30.6 Å². The fourth-order valence-corrected chi connectivity index (χ4v) is 15.6. The van der Waals surface area contributed by atoms with Gasteiger partial charge < -0.3 is 0 Å². The van der Waals surface area contributed by atoms with Crippen LogP contribution >= 0.6 is 98.8 Å². The zero-order chi connectivity index (χ0) is 24.2. The van der Waals surface area contributed by atoms with E-state index < -0.39 is 0 Å². The minimum Gasteiger partial charge on any atom is -0.229 e. The topological polar surface area (TPSA) is 38.7 Å². The molecular weight excluding hydrogens is 619 g/mol. The van der Waals surface area contributed by atoms with Gasteiger partial charge in [-0.3, -0.25) is 0 Å². The van der Waals surface area contributed by atoms with Crippen molar-refractivity contribution in [3.05, 3.63) is 72.8 Å². The van der Waals surface area contributed by atoms with E-state index in [2.05, 4.69) is 72.8 Å². The Labute approximate surface area is 244 Å². The van der Waals surface area contributed by atoms with Gasteiger partial charge in [-0.15, -0.1) is 34.0 Å². The highest BCUT2D eigenvalue weighted by molar-refractivity contribution is 8.79. The number of fused-ring (bicyclic) bond motifs is 3. The first-order valence-corrected chi connectivity index (χ1v) is 20.1. The van der Waals surface area contributed by atoms with Crippen LogP contribution in [0.15, 0.2) is 85.8 Å². The summed E-state index contributed by atoms with van der Waals surface area (Å²) >= 11 is 5.32. The first-order valence-electron chi connectivity index (χ1n) is 10.8. The van der Waals surface area contributed by atoms with Crippen LogP contribution in [0.3, 0.4) is 0 Å². The van der Waals surface area contributed by atoms with E-state index >= 15 is 0 Å². The minimum atomic E-state index is 0.473. The van der Waals surface area contributed by atoms with Crippen molar-refractivity contribution < 1.29 is 0 Å². The number of hydrogen-bond donors (Lipinski definition) is 0. The average molecular weight is 636 g/mol. The van der Waals surface area contributed by atoms with Crippen molar-refractivity contribution in [2.24, 2.45) is 0 Å². The van der Waals surface area contributed by atoms with E-state index in [0.717, 1.165) is 41.1 Å². The fraction of sp³-hybridized carbons (Fsp3) is 0.125. The van der Waals surface area contributed by atoms with Gasteiger partial charge in [-0.05, 0) is 68.8 Å². The van der Waals surface area contributed by atoms with Crippen LogP contribution in [0.2, 0.25) is 0 Å². The lowest BCUT2D eigenvalue weighted by Crippen LogP contribution is -2.07. The van der Waals surface area contributed by atoms with Gasteiger partial charge in [0.15, 0.2) is 13.0 Å². The Morgan fingerprint density at radius 1 is 0.528 bits per heavy atom. The second kappa shape index (κ2) is 12.5. The van der Waals surface area contributed by atoms with Gasteiger partial charge in [0.05, 0.1) is 30.6 Å². The van der Waals surface area contributed by atoms with Crippen LogP contribution in [0.4, 0.5) is 0 Å². The lowest BCUT2D eigenvalue weighted by atomic mass is 10.3. The molecule has 0 fully saturated rings. The lowest BCUT2D eigenvalue weighted by molar-refractivity contribution is 1.17. The van der Waals surface area contributed by atoms with Gasteiger partial charge in [0.2, 0.25) is 0 Å². The van der Waals surface area contributed by atoms with Crippen molar-refractivity contribution in [1.29, 1.82) is 0 Å². The smallest absolute Gasteiger partial charge is 0.161 e. The molecule has 0 saturated carbocycles. The Morgan fingerprint density at radius 3 is 1.33 bits per heavy atom. The molecule has 36 heavy (non-hydrogen) atoms. The summed E-state index contributed by atoms with van der Waals surface area (Å²) < 4.78 is 7.12. The Bertz CT molecular complexity index is 1410. The summed E-state index contributed by atoms with van der Waals surface area (Å²) in [5.74, 6) is 2.08. The van der Waals surface area contributed by atoms with Crippen molar-refractivity contribution in [3.8, 4) is 0 Å². The number of nitrogens with zero attached hydrogens (tertiary/aromatic N) is 3.